The summed E-state index contributed by atoms with van der Waals surface area (Å²) in [6, 6.07) is 19.7. The Morgan fingerprint density at radius 2 is 1.57 bits per heavy atom. The van der Waals surface area contributed by atoms with Crippen molar-refractivity contribution in [2.75, 3.05) is 0 Å². The third kappa shape index (κ3) is 5.67. The first-order valence-corrected chi connectivity index (χ1v) is 11.9. The quantitative estimate of drug-likeness (QED) is 0.194. The number of aryl methyl sites for hydroxylation is 1. The molecule has 0 radical (unpaired) electrons. The van der Waals surface area contributed by atoms with Crippen LogP contribution < -0.4 is 9.47 Å². The van der Waals surface area contributed by atoms with E-state index in [1.807, 2.05) is 43.3 Å². The Bertz CT molecular complexity index is 1460. The number of ether oxygens (including phenoxy) is 2. The van der Waals surface area contributed by atoms with Crippen molar-refractivity contribution >= 4 is 39.1 Å². The highest BCUT2D eigenvalue weighted by Crippen LogP contribution is 2.33. The minimum absolute atomic E-state index is 0.271. The second kappa shape index (κ2) is 10.1. The highest BCUT2D eigenvalue weighted by atomic mass is 79.9. The van der Waals surface area contributed by atoms with Gasteiger partial charge in [-0.3, -0.25) is 0 Å². The van der Waals surface area contributed by atoms with Crippen LogP contribution in [0.5, 0.6) is 17.2 Å². The molecule has 2 aromatic heterocycles. The van der Waals surface area contributed by atoms with E-state index < -0.39 is 0 Å². The average Bonchev–Trinajstić information content (AvgIpc) is 3.47. The first-order valence-electron chi connectivity index (χ1n) is 10.4. The zero-order valence-corrected chi connectivity index (χ0v) is 21.3. The maximum Gasteiger partial charge on any atom is 0.258 e. The molecule has 10 heteroatoms. The molecular weight excluding hydrogens is 557 g/mol. The normalized spacial score (nSPS) is 11.0. The molecule has 0 bridgehead atoms. The van der Waals surface area contributed by atoms with Crippen LogP contribution in [-0.4, -0.2) is 15.3 Å². The lowest BCUT2D eigenvalue weighted by Crippen LogP contribution is -1.94. The lowest BCUT2D eigenvalue weighted by Gasteiger charge is -2.07. The van der Waals surface area contributed by atoms with Crippen molar-refractivity contribution in [3.63, 3.8) is 0 Å². The van der Waals surface area contributed by atoms with Gasteiger partial charge in [-0.1, -0.05) is 33.5 Å². The molecule has 0 spiro atoms. The summed E-state index contributed by atoms with van der Waals surface area (Å²) >= 11 is 15.6. The van der Waals surface area contributed by atoms with Crippen LogP contribution >= 0.6 is 39.1 Å². The van der Waals surface area contributed by atoms with Gasteiger partial charge in [0.15, 0.2) is 5.76 Å². The van der Waals surface area contributed by atoms with Crippen molar-refractivity contribution in [3.05, 3.63) is 92.7 Å². The van der Waals surface area contributed by atoms with E-state index in [-0.39, 0.29) is 6.61 Å². The maximum absolute atomic E-state index is 6.03. The Labute approximate surface area is 218 Å². The molecule has 0 atom stereocenters. The minimum Gasteiger partial charge on any atom is -0.484 e. The van der Waals surface area contributed by atoms with Crippen LogP contribution in [0.2, 0.25) is 10.0 Å². The molecule has 176 valence electrons. The van der Waals surface area contributed by atoms with Gasteiger partial charge in [0.05, 0.1) is 10.2 Å². The molecule has 0 N–H and O–H groups in total. The van der Waals surface area contributed by atoms with Gasteiger partial charge in [-0.15, -0.1) is 0 Å². The third-order valence-corrected chi connectivity index (χ3v) is 5.89. The van der Waals surface area contributed by atoms with Crippen LogP contribution in [0.15, 0.2) is 80.2 Å². The predicted octanol–water partition coefficient (Wildman–Crippen LogP) is 8.14. The zero-order chi connectivity index (χ0) is 24.4. The minimum atomic E-state index is 0.271. The fourth-order valence-corrected chi connectivity index (χ4v) is 4.24. The summed E-state index contributed by atoms with van der Waals surface area (Å²) in [6.45, 7) is 2.13. The molecule has 0 aliphatic rings. The summed E-state index contributed by atoms with van der Waals surface area (Å²) < 4.78 is 23.0. The molecule has 0 amide bonds. The van der Waals surface area contributed by atoms with E-state index in [1.165, 1.54) is 0 Å². The average molecular weight is 573 g/mol. The number of hydrogen-bond acceptors (Lipinski definition) is 7. The van der Waals surface area contributed by atoms with Gasteiger partial charge in [-0.25, -0.2) is 0 Å². The molecule has 2 heterocycles. The van der Waals surface area contributed by atoms with Crippen LogP contribution in [0.1, 0.15) is 11.5 Å². The number of nitrogens with zero attached hydrogens (tertiary/aromatic N) is 3. The Hall–Kier alpha value is -3.33. The summed E-state index contributed by atoms with van der Waals surface area (Å²) in [5, 5.41) is 8.95. The number of benzene rings is 3. The summed E-state index contributed by atoms with van der Waals surface area (Å²) in [5.41, 5.74) is 2.33. The molecule has 35 heavy (non-hydrogen) atoms. The van der Waals surface area contributed by atoms with Crippen molar-refractivity contribution in [2.24, 2.45) is 0 Å². The molecule has 0 unspecified atom stereocenters. The van der Waals surface area contributed by atoms with Gasteiger partial charge in [0.25, 0.3) is 5.89 Å². The van der Waals surface area contributed by atoms with Crippen molar-refractivity contribution in [1.29, 1.82) is 0 Å². The van der Waals surface area contributed by atoms with Crippen molar-refractivity contribution in [3.8, 4) is 40.1 Å². The smallest absolute Gasteiger partial charge is 0.258 e. The first-order chi connectivity index (χ1) is 16.9. The molecule has 0 aliphatic carbocycles. The van der Waals surface area contributed by atoms with Crippen LogP contribution in [-0.2, 0) is 6.61 Å². The van der Waals surface area contributed by atoms with Gasteiger partial charge < -0.3 is 18.5 Å². The molecule has 0 saturated carbocycles. The topological polar surface area (TPSA) is 83.4 Å². The fraction of sp³-hybridized carbons (Fsp3) is 0.0800. The number of hydrogen-bond donors (Lipinski definition) is 0. The van der Waals surface area contributed by atoms with E-state index in [1.54, 1.807) is 30.3 Å². The molecule has 7 nitrogen and oxygen atoms in total. The highest BCUT2D eigenvalue weighted by Gasteiger charge is 2.14. The van der Waals surface area contributed by atoms with E-state index in [0.29, 0.717) is 44.8 Å². The Morgan fingerprint density at radius 1 is 0.829 bits per heavy atom. The number of aromatic nitrogens is 3. The van der Waals surface area contributed by atoms with E-state index >= 15 is 0 Å². The Balaban J connectivity index is 1.27. The standard InChI is InChI=1S/C25H16BrCl2N3O4/c1-14-8-21(34-30-14)13-32-23-7-4-16(9-22(23)26)25-29-24(31-35-25)15-2-5-19(6-3-15)33-20-11-17(27)10-18(28)12-20/h2-12H,13H2,1H3. The van der Waals surface area contributed by atoms with E-state index in [9.17, 15) is 0 Å². The lowest BCUT2D eigenvalue weighted by atomic mass is 10.2. The maximum atomic E-state index is 6.03. The monoisotopic (exact) mass is 571 g/mol. The number of rotatable bonds is 7. The molecule has 0 saturated heterocycles. The summed E-state index contributed by atoms with van der Waals surface area (Å²) in [6.07, 6.45) is 0. The second-order valence-corrected chi connectivity index (χ2v) is 9.25. The summed E-state index contributed by atoms with van der Waals surface area (Å²) in [7, 11) is 0. The van der Waals surface area contributed by atoms with Crippen molar-refractivity contribution < 1.29 is 18.5 Å². The van der Waals surface area contributed by atoms with Gasteiger partial charge in [0, 0.05) is 27.2 Å². The predicted molar refractivity (Wildman–Crippen MR) is 135 cm³/mol. The molecule has 0 fully saturated rings. The van der Waals surface area contributed by atoms with Crippen LogP contribution in [0.4, 0.5) is 0 Å². The van der Waals surface area contributed by atoms with E-state index in [4.69, 9.17) is 41.7 Å². The van der Waals surface area contributed by atoms with Crippen LogP contribution in [0, 0.1) is 6.92 Å². The van der Waals surface area contributed by atoms with Gasteiger partial charge in [-0.2, -0.15) is 4.98 Å². The van der Waals surface area contributed by atoms with Crippen molar-refractivity contribution in [1.82, 2.24) is 15.3 Å². The van der Waals surface area contributed by atoms with Gasteiger partial charge in [0.2, 0.25) is 5.82 Å². The fourth-order valence-electron chi connectivity index (χ4n) is 3.24. The Morgan fingerprint density at radius 3 is 2.26 bits per heavy atom. The van der Waals surface area contributed by atoms with E-state index in [2.05, 4.69) is 31.2 Å². The van der Waals surface area contributed by atoms with Crippen LogP contribution in [0.25, 0.3) is 22.8 Å². The molecular formula is C25H16BrCl2N3O4. The second-order valence-electron chi connectivity index (χ2n) is 7.52. The Kier molecular flexibility index (Phi) is 6.77. The third-order valence-electron chi connectivity index (χ3n) is 4.84. The van der Waals surface area contributed by atoms with Crippen LogP contribution in [0.3, 0.4) is 0 Å². The highest BCUT2D eigenvalue weighted by molar-refractivity contribution is 9.10. The molecule has 0 aliphatic heterocycles. The van der Waals surface area contributed by atoms with E-state index in [0.717, 1.165) is 21.3 Å². The molecule has 5 aromatic rings. The van der Waals surface area contributed by atoms with Gasteiger partial charge >= 0.3 is 0 Å². The van der Waals surface area contributed by atoms with Gasteiger partial charge in [0.1, 0.15) is 23.9 Å². The largest absolute Gasteiger partial charge is 0.484 e. The summed E-state index contributed by atoms with van der Waals surface area (Å²) in [4.78, 5) is 4.52. The summed E-state index contributed by atoms with van der Waals surface area (Å²) in [5.74, 6) is 3.30. The molecule has 5 rings (SSSR count). The van der Waals surface area contributed by atoms with Gasteiger partial charge in [-0.05, 0) is 83.5 Å². The number of halogens is 3. The SMILES string of the molecule is Cc1cc(COc2ccc(-c3nc(-c4ccc(Oc5cc(Cl)cc(Cl)c5)cc4)no3)cc2Br)on1. The molecule has 3 aromatic carbocycles. The van der Waals surface area contributed by atoms with Crippen molar-refractivity contribution in [2.45, 2.75) is 13.5 Å². The lowest BCUT2D eigenvalue weighted by molar-refractivity contribution is 0.247. The zero-order valence-electron chi connectivity index (χ0n) is 18.2. The first kappa shape index (κ1) is 23.4.